The number of piperazine rings is 1. The lowest BCUT2D eigenvalue weighted by molar-refractivity contribution is 0.164. The molecule has 6 nitrogen and oxygen atoms in total. The molecule has 1 saturated heterocycles. The maximum atomic E-state index is 5.38. The molecule has 2 heterocycles. The Kier molecular flexibility index (Phi) is 4.81. The van der Waals surface area contributed by atoms with Crippen LogP contribution in [0.5, 0.6) is 5.75 Å². The fourth-order valence-electron chi connectivity index (χ4n) is 2.91. The van der Waals surface area contributed by atoms with E-state index in [4.69, 9.17) is 9.26 Å². The number of ether oxygens (including phenoxy) is 1. The van der Waals surface area contributed by atoms with Crippen molar-refractivity contribution >= 4 is 5.69 Å². The molecular weight excluding hydrogens is 292 g/mol. The summed E-state index contributed by atoms with van der Waals surface area (Å²) in [6.07, 6.45) is 0.805. The van der Waals surface area contributed by atoms with Crippen LogP contribution in [0.3, 0.4) is 0 Å². The zero-order valence-corrected chi connectivity index (χ0v) is 14.0. The second kappa shape index (κ2) is 7.00. The number of aromatic nitrogens is 2. The molecule has 1 atom stereocenters. The summed E-state index contributed by atoms with van der Waals surface area (Å²) in [5.41, 5.74) is 1.21. The molecule has 0 radical (unpaired) electrons. The van der Waals surface area contributed by atoms with Crippen molar-refractivity contribution in [3.63, 3.8) is 0 Å². The zero-order chi connectivity index (χ0) is 16.2. The maximum absolute atomic E-state index is 5.38. The Morgan fingerprint density at radius 2 is 2.04 bits per heavy atom. The summed E-state index contributed by atoms with van der Waals surface area (Å²) in [6, 6.07) is 8.39. The van der Waals surface area contributed by atoms with Crippen LogP contribution < -0.4 is 9.64 Å². The van der Waals surface area contributed by atoms with Gasteiger partial charge in [-0.25, -0.2) is 0 Å². The first kappa shape index (κ1) is 15.8. The van der Waals surface area contributed by atoms with E-state index in [0.29, 0.717) is 0 Å². The van der Waals surface area contributed by atoms with Gasteiger partial charge in [0.25, 0.3) is 0 Å². The molecule has 23 heavy (non-hydrogen) atoms. The van der Waals surface area contributed by atoms with Gasteiger partial charge < -0.3 is 14.2 Å². The van der Waals surface area contributed by atoms with Crippen molar-refractivity contribution in [1.29, 1.82) is 0 Å². The molecule has 1 fully saturated rings. The Morgan fingerprint density at radius 1 is 1.26 bits per heavy atom. The molecular formula is C17H24N4O2. The minimum Gasteiger partial charge on any atom is -0.497 e. The van der Waals surface area contributed by atoms with Crippen molar-refractivity contribution in [2.24, 2.45) is 0 Å². The summed E-state index contributed by atoms with van der Waals surface area (Å²) in [5, 5.41) is 4.00. The standard InChI is InChI=1S/C17H24N4O2/c1-4-16-18-17(23-19-16)13(2)20-8-10-21(11-9-20)14-6-5-7-15(12-14)22-3/h5-7,12-13H,4,8-11H2,1-3H3. The van der Waals surface area contributed by atoms with E-state index < -0.39 is 0 Å². The van der Waals surface area contributed by atoms with Gasteiger partial charge in [0.15, 0.2) is 5.82 Å². The predicted octanol–water partition coefficient (Wildman–Crippen LogP) is 2.52. The van der Waals surface area contributed by atoms with Crippen LogP contribution in [-0.4, -0.2) is 48.3 Å². The highest BCUT2D eigenvalue weighted by Gasteiger charge is 2.25. The van der Waals surface area contributed by atoms with Gasteiger partial charge in [0.1, 0.15) is 5.75 Å². The summed E-state index contributed by atoms with van der Waals surface area (Å²) in [7, 11) is 1.70. The van der Waals surface area contributed by atoms with Crippen molar-refractivity contribution in [1.82, 2.24) is 15.0 Å². The molecule has 1 unspecified atom stereocenters. The molecule has 6 heteroatoms. The number of anilines is 1. The van der Waals surface area contributed by atoms with E-state index in [-0.39, 0.29) is 6.04 Å². The molecule has 0 saturated carbocycles. The number of rotatable bonds is 5. The van der Waals surface area contributed by atoms with E-state index in [0.717, 1.165) is 50.1 Å². The highest BCUT2D eigenvalue weighted by Crippen LogP contribution is 2.25. The molecule has 1 aromatic carbocycles. The first-order valence-electron chi connectivity index (χ1n) is 8.16. The molecule has 0 bridgehead atoms. The SMILES string of the molecule is CCc1noc(C(C)N2CCN(c3cccc(OC)c3)CC2)n1. The van der Waals surface area contributed by atoms with Gasteiger partial charge in [-0.3, -0.25) is 4.90 Å². The van der Waals surface area contributed by atoms with E-state index in [2.05, 4.69) is 39.0 Å². The van der Waals surface area contributed by atoms with Gasteiger partial charge in [-0.1, -0.05) is 18.1 Å². The molecule has 1 aromatic heterocycles. The molecule has 2 aromatic rings. The minimum absolute atomic E-state index is 0.162. The van der Waals surface area contributed by atoms with E-state index in [1.807, 2.05) is 19.1 Å². The molecule has 0 spiro atoms. The number of methoxy groups -OCH3 is 1. The fourth-order valence-corrected chi connectivity index (χ4v) is 2.91. The van der Waals surface area contributed by atoms with Crippen LogP contribution in [0.15, 0.2) is 28.8 Å². The number of hydrogen-bond acceptors (Lipinski definition) is 6. The Morgan fingerprint density at radius 3 is 2.70 bits per heavy atom. The number of nitrogens with zero attached hydrogens (tertiary/aromatic N) is 4. The normalized spacial score (nSPS) is 17.3. The average molecular weight is 316 g/mol. The van der Waals surface area contributed by atoms with E-state index >= 15 is 0 Å². The van der Waals surface area contributed by atoms with Crippen molar-refractivity contribution < 1.29 is 9.26 Å². The van der Waals surface area contributed by atoms with Crippen LogP contribution in [0.1, 0.15) is 31.6 Å². The zero-order valence-electron chi connectivity index (χ0n) is 14.0. The summed E-state index contributed by atoms with van der Waals surface area (Å²) in [6.45, 7) is 8.07. The lowest BCUT2D eigenvalue weighted by Gasteiger charge is -2.38. The molecule has 1 aliphatic rings. The molecule has 0 N–H and O–H groups in total. The van der Waals surface area contributed by atoms with Crippen LogP contribution in [0.4, 0.5) is 5.69 Å². The minimum atomic E-state index is 0.162. The van der Waals surface area contributed by atoms with Crippen molar-refractivity contribution in [3.05, 3.63) is 36.0 Å². The summed E-state index contributed by atoms with van der Waals surface area (Å²) in [5.74, 6) is 2.40. The Labute approximate surface area is 137 Å². The molecule has 0 amide bonds. The summed E-state index contributed by atoms with van der Waals surface area (Å²) >= 11 is 0. The van der Waals surface area contributed by atoms with Crippen LogP contribution in [0, 0.1) is 0 Å². The number of hydrogen-bond donors (Lipinski definition) is 0. The lowest BCUT2D eigenvalue weighted by atomic mass is 10.2. The highest BCUT2D eigenvalue weighted by molar-refractivity contribution is 5.51. The first-order valence-corrected chi connectivity index (χ1v) is 8.16. The van der Waals surface area contributed by atoms with Crippen molar-refractivity contribution in [2.75, 3.05) is 38.2 Å². The van der Waals surface area contributed by atoms with Crippen molar-refractivity contribution in [3.8, 4) is 5.75 Å². The smallest absolute Gasteiger partial charge is 0.243 e. The largest absolute Gasteiger partial charge is 0.497 e. The van der Waals surface area contributed by atoms with E-state index in [1.54, 1.807) is 7.11 Å². The topological polar surface area (TPSA) is 54.6 Å². The van der Waals surface area contributed by atoms with Crippen molar-refractivity contribution in [2.45, 2.75) is 26.3 Å². The van der Waals surface area contributed by atoms with Crippen LogP contribution in [-0.2, 0) is 6.42 Å². The summed E-state index contributed by atoms with van der Waals surface area (Å²) < 4.78 is 10.7. The Bertz CT molecular complexity index is 635. The van der Waals surface area contributed by atoms with Crippen LogP contribution >= 0.6 is 0 Å². The fraction of sp³-hybridized carbons (Fsp3) is 0.529. The van der Waals surface area contributed by atoms with E-state index in [9.17, 15) is 0 Å². The third-order valence-corrected chi connectivity index (χ3v) is 4.44. The van der Waals surface area contributed by atoms with Gasteiger partial charge in [0.2, 0.25) is 5.89 Å². The lowest BCUT2D eigenvalue weighted by Crippen LogP contribution is -2.47. The Hall–Kier alpha value is -2.08. The third kappa shape index (κ3) is 3.47. The Balaban J connectivity index is 1.61. The van der Waals surface area contributed by atoms with Crippen LogP contribution in [0.25, 0.3) is 0 Å². The first-order chi connectivity index (χ1) is 11.2. The maximum Gasteiger partial charge on any atom is 0.243 e. The number of benzene rings is 1. The second-order valence-electron chi connectivity index (χ2n) is 5.80. The highest BCUT2D eigenvalue weighted by atomic mass is 16.5. The molecule has 1 aliphatic heterocycles. The quantitative estimate of drug-likeness (QED) is 0.845. The second-order valence-corrected chi connectivity index (χ2v) is 5.80. The predicted molar refractivity (Wildman–Crippen MR) is 88.9 cm³/mol. The van der Waals surface area contributed by atoms with Gasteiger partial charge in [-0.15, -0.1) is 0 Å². The third-order valence-electron chi connectivity index (χ3n) is 4.44. The van der Waals surface area contributed by atoms with Gasteiger partial charge in [0, 0.05) is 44.4 Å². The van der Waals surface area contributed by atoms with Gasteiger partial charge >= 0.3 is 0 Å². The molecule has 124 valence electrons. The van der Waals surface area contributed by atoms with Crippen LogP contribution in [0.2, 0.25) is 0 Å². The van der Waals surface area contributed by atoms with Gasteiger partial charge in [0.05, 0.1) is 13.2 Å². The van der Waals surface area contributed by atoms with Gasteiger partial charge in [-0.05, 0) is 19.1 Å². The summed E-state index contributed by atoms with van der Waals surface area (Å²) in [4.78, 5) is 9.23. The van der Waals surface area contributed by atoms with Gasteiger partial charge in [-0.2, -0.15) is 4.98 Å². The monoisotopic (exact) mass is 316 g/mol. The molecule has 0 aliphatic carbocycles. The van der Waals surface area contributed by atoms with E-state index in [1.165, 1.54) is 5.69 Å². The number of aryl methyl sites for hydroxylation is 1. The average Bonchev–Trinajstić information content (AvgIpc) is 3.10. The molecule has 3 rings (SSSR count).